The van der Waals surface area contributed by atoms with Crippen molar-refractivity contribution in [1.82, 2.24) is 9.97 Å². The molecule has 0 spiro atoms. The SMILES string of the molecule is Cc1csc(NC(=O)CSc2[nH]c3ccccc3[n+]2S(=O)(=O)c2ccccc2)n1. The summed E-state index contributed by atoms with van der Waals surface area (Å²) in [6.07, 6.45) is 0. The number of hydrogen-bond acceptors (Lipinski definition) is 6. The summed E-state index contributed by atoms with van der Waals surface area (Å²) in [7, 11) is -3.83. The van der Waals surface area contributed by atoms with Crippen molar-refractivity contribution in [3.8, 4) is 0 Å². The zero-order chi connectivity index (χ0) is 20.4. The minimum atomic E-state index is -3.83. The smallest absolute Gasteiger partial charge is 0.301 e. The van der Waals surface area contributed by atoms with Gasteiger partial charge in [-0.2, -0.15) is 8.42 Å². The molecular weight excluding hydrogens is 428 g/mol. The van der Waals surface area contributed by atoms with Crippen molar-refractivity contribution in [2.75, 3.05) is 11.1 Å². The molecule has 2 heterocycles. The summed E-state index contributed by atoms with van der Waals surface area (Å²) in [5.74, 6) is -0.220. The van der Waals surface area contributed by atoms with Crippen LogP contribution in [-0.4, -0.2) is 30.0 Å². The maximum Gasteiger partial charge on any atom is 0.336 e. The maximum absolute atomic E-state index is 13.3. The minimum absolute atomic E-state index is 0.0375. The third-order valence-electron chi connectivity index (χ3n) is 4.04. The molecule has 2 N–H and O–H groups in total. The van der Waals surface area contributed by atoms with E-state index in [1.165, 1.54) is 15.3 Å². The molecule has 0 bridgehead atoms. The second-order valence-corrected chi connectivity index (χ2v) is 9.77. The number of aryl methyl sites for hydroxylation is 1. The number of nitrogens with zero attached hydrogens (tertiary/aromatic N) is 2. The molecule has 0 aliphatic carbocycles. The van der Waals surface area contributed by atoms with E-state index >= 15 is 0 Å². The van der Waals surface area contributed by atoms with Gasteiger partial charge < -0.3 is 5.32 Å². The van der Waals surface area contributed by atoms with Crippen LogP contribution in [0.2, 0.25) is 0 Å². The molecule has 4 rings (SSSR count). The highest BCUT2D eigenvalue weighted by molar-refractivity contribution is 8.00. The van der Waals surface area contributed by atoms with Gasteiger partial charge in [-0.1, -0.05) is 30.3 Å². The van der Waals surface area contributed by atoms with Crippen LogP contribution in [0.15, 0.2) is 70.0 Å². The van der Waals surface area contributed by atoms with Crippen molar-refractivity contribution in [2.24, 2.45) is 0 Å². The first-order valence-electron chi connectivity index (χ1n) is 8.63. The number of nitrogens with one attached hydrogen (secondary N) is 2. The molecule has 1 amide bonds. The van der Waals surface area contributed by atoms with Crippen LogP contribution in [-0.2, 0) is 14.8 Å². The number of para-hydroxylation sites is 2. The van der Waals surface area contributed by atoms with E-state index in [2.05, 4.69) is 15.3 Å². The average Bonchev–Trinajstić information content (AvgIpc) is 3.30. The average molecular weight is 446 g/mol. The Bertz CT molecular complexity index is 1280. The van der Waals surface area contributed by atoms with Crippen molar-refractivity contribution in [3.63, 3.8) is 0 Å². The van der Waals surface area contributed by atoms with Crippen molar-refractivity contribution in [2.45, 2.75) is 17.0 Å². The Balaban J connectivity index is 1.66. The number of aromatic nitrogens is 3. The monoisotopic (exact) mass is 445 g/mol. The number of imidazole rings is 1. The lowest BCUT2D eigenvalue weighted by Crippen LogP contribution is -2.44. The number of carbonyl (C=O) groups excluding carboxylic acids is 1. The van der Waals surface area contributed by atoms with Crippen molar-refractivity contribution in [1.29, 1.82) is 0 Å². The normalized spacial score (nSPS) is 11.6. The van der Waals surface area contributed by atoms with Crippen molar-refractivity contribution in [3.05, 3.63) is 65.7 Å². The number of fused-ring (bicyclic) bond motifs is 1. The topological polar surface area (TPSA) is 95.8 Å². The van der Waals surface area contributed by atoms with Crippen LogP contribution in [0.4, 0.5) is 5.13 Å². The Morgan fingerprint density at radius 2 is 1.90 bits per heavy atom. The molecule has 0 fully saturated rings. The van der Waals surface area contributed by atoms with E-state index in [1.807, 2.05) is 18.4 Å². The Morgan fingerprint density at radius 1 is 1.17 bits per heavy atom. The standard InChI is InChI=1S/C19H16N4O3S3/c1-13-11-27-18(20-13)22-17(24)12-28-19-21-15-9-5-6-10-16(15)23(19)29(25,26)14-7-3-2-4-8-14/h2-11H,12H2,1H3,(H,20,22,24)/p+1. The van der Waals surface area contributed by atoms with Gasteiger partial charge in [0.1, 0.15) is 4.90 Å². The molecule has 0 radical (unpaired) electrons. The zero-order valence-electron chi connectivity index (χ0n) is 15.3. The molecule has 2 aromatic carbocycles. The van der Waals surface area contributed by atoms with Crippen LogP contribution < -0.4 is 9.29 Å². The fraction of sp³-hybridized carbons (Fsp3) is 0.105. The molecule has 2 aromatic heterocycles. The number of aromatic amines is 1. The highest BCUT2D eigenvalue weighted by atomic mass is 32.2. The lowest BCUT2D eigenvalue weighted by molar-refractivity contribution is -0.526. The van der Waals surface area contributed by atoms with Gasteiger partial charge in [0.25, 0.3) is 0 Å². The molecule has 0 saturated carbocycles. The lowest BCUT2D eigenvalue weighted by Gasteiger charge is -2.04. The highest BCUT2D eigenvalue weighted by Gasteiger charge is 2.31. The van der Waals surface area contributed by atoms with Gasteiger partial charge in [0.15, 0.2) is 16.2 Å². The number of anilines is 1. The third kappa shape index (κ3) is 4.04. The van der Waals surface area contributed by atoms with Crippen LogP contribution in [0.5, 0.6) is 0 Å². The molecule has 0 unspecified atom stereocenters. The number of carbonyl (C=O) groups is 1. The summed E-state index contributed by atoms with van der Waals surface area (Å²) >= 11 is 2.47. The van der Waals surface area contributed by atoms with E-state index in [1.54, 1.807) is 48.5 Å². The van der Waals surface area contributed by atoms with E-state index in [-0.39, 0.29) is 16.6 Å². The Labute approximate surface area is 175 Å². The van der Waals surface area contributed by atoms with Crippen molar-refractivity contribution >= 4 is 55.2 Å². The fourth-order valence-electron chi connectivity index (χ4n) is 2.76. The number of hydrogen-bond donors (Lipinski definition) is 2. The molecule has 0 saturated heterocycles. The summed E-state index contributed by atoms with van der Waals surface area (Å²) in [5, 5.41) is 5.46. The molecule has 148 valence electrons. The Hall–Kier alpha value is -2.69. The molecule has 4 aromatic rings. The van der Waals surface area contributed by atoms with Gasteiger partial charge in [-0.3, -0.25) is 4.79 Å². The molecule has 7 nitrogen and oxygen atoms in total. The van der Waals surface area contributed by atoms with Crippen molar-refractivity contribution < 1.29 is 17.2 Å². The largest absolute Gasteiger partial charge is 0.336 e. The van der Waals surface area contributed by atoms with E-state index < -0.39 is 10.0 Å². The van der Waals surface area contributed by atoms with Gasteiger partial charge in [0, 0.05) is 5.38 Å². The van der Waals surface area contributed by atoms with E-state index in [4.69, 9.17) is 0 Å². The van der Waals surface area contributed by atoms with Gasteiger partial charge >= 0.3 is 15.2 Å². The number of thiazole rings is 1. The summed E-state index contributed by atoms with van der Waals surface area (Å²) in [5.41, 5.74) is 2.03. The van der Waals surface area contributed by atoms with E-state index in [9.17, 15) is 13.2 Å². The number of thioether (sulfide) groups is 1. The molecule has 0 aliphatic heterocycles. The maximum atomic E-state index is 13.3. The number of H-pyrrole nitrogens is 1. The quantitative estimate of drug-likeness (QED) is 0.351. The first-order chi connectivity index (χ1) is 13.9. The summed E-state index contributed by atoms with van der Waals surface area (Å²) in [4.78, 5) is 19.8. The second-order valence-electron chi connectivity index (χ2n) is 6.16. The Kier molecular flexibility index (Phi) is 5.39. The lowest BCUT2D eigenvalue weighted by atomic mass is 10.3. The fourth-order valence-corrected chi connectivity index (χ4v) is 6.05. The molecule has 29 heavy (non-hydrogen) atoms. The summed E-state index contributed by atoms with van der Waals surface area (Å²) in [6.45, 7) is 1.85. The molecule has 0 aliphatic rings. The predicted octanol–water partition coefficient (Wildman–Crippen LogP) is 3.19. The minimum Gasteiger partial charge on any atom is -0.301 e. The van der Waals surface area contributed by atoms with E-state index in [0.29, 0.717) is 21.3 Å². The third-order valence-corrected chi connectivity index (χ3v) is 7.72. The highest BCUT2D eigenvalue weighted by Crippen LogP contribution is 2.22. The molecular formula is C19H17N4O3S3+. The van der Waals surface area contributed by atoms with Crippen LogP contribution in [0.25, 0.3) is 11.0 Å². The molecule has 0 atom stereocenters. The van der Waals surface area contributed by atoms with Crippen LogP contribution >= 0.6 is 23.1 Å². The number of amides is 1. The van der Waals surface area contributed by atoms with Gasteiger partial charge in [-0.25, -0.2) is 9.97 Å². The second kappa shape index (κ2) is 7.97. The Morgan fingerprint density at radius 3 is 2.62 bits per heavy atom. The van der Waals surface area contributed by atoms with Crippen LogP contribution in [0, 0.1) is 6.92 Å². The van der Waals surface area contributed by atoms with E-state index in [0.717, 1.165) is 17.5 Å². The first-order valence-corrected chi connectivity index (χ1v) is 11.9. The van der Waals surface area contributed by atoms with Gasteiger partial charge in [-0.05, 0) is 43.0 Å². The van der Waals surface area contributed by atoms with Gasteiger partial charge in [0.05, 0.1) is 11.4 Å². The van der Waals surface area contributed by atoms with Gasteiger partial charge in [0.2, 0.25) is 5.91 Å². The van der Waals surface area contributed by atoms with Crippen LogP contribution in [0.1, 0.15) is 5.69 Å². The summed E-state index contributed by atoms with van der Waals surface area (Å²) < 4.78 is 27.8. The molecule has 10 heteroatoms. The number of benzene rings is 2. The van der Waals surface area contributed by atoms with Crippen LogP contribution in [0.3, 0.4) is 0 Å². The summed E-state index contributed by atoms with van der Waals surface area (Å²) in [6, 6.07) is 15.4. The first kappa shape index (κ1) is 19.6. The van der Waals surface area contributed by atoms with Gasteiger partial charge in [-0.15, -0.1) is 15.3 Å². The predicted molar refractivity (Wildman–Crippen MR) is 114 cm³/mol. The zero-order valence-corrected chi connectivity index (χ0v) is 17.8. The number of rotatable bonds is 6.